The van der Waals surface area contributed by atoms with Crippen molar-refractivity contribution in [3.8, 4) is 0 Å². The molecule has 0 aromatic heterocycles. The molecule has 1 aromatic carbocycles. The van der Waals surface area contributed by atoms with Gasteiger partial charge in [-0.2, -0.15) is 0 Å². The first-order valence-electron chi connectivity index (χ1n) is 3.95. The van der Waals surface area contributed by atoms with Gasteiger partial charge in [-0.25, -0.2) is 4.72 Å². The third kappa shape index (κ3) is 4.67. The van der Waals surface area contributed by atoms with Crippen LogP contribution in [0.2, 0.25) is 0 Å². The van der Waals surface area contributed by atoms with Crippen molar-refractivity contribution in [3.05, 3.63) is 35.9 Å². The predicted octanol–water partition coefficient (Wildman–Crippen LogP) is 1.67. The van der Waals surface area contributed by atoms with E-state index in [1.807, 2.05) is 18.2 Å². The molecule has 0 unspecified atom stereocenters. The zero-order valence-corrected chi connectivity index (χ0v) is 7.92. The molecule has 0 bridgehead atoms. The van der Waals surface area contributed by atoms with Gasteiger partial charge in [0.2, 0.25) is 0 Å². The molecule has 0 atom stereocenters. The first-order valence-corrected chi connectivity index (χ1v) is 4.69. The van der Waals surface area contributed by atoms with E-state index in [2.05, 4.69) is 4.72 Å². The molecule has 70 valence electrons. The quantitative estimate of drug-likeness (QED) is 0.422. The van der Waals surface area contributed by atoms with Crippen LogP contribution in [0.5, 0.6) is 0 Å². The standard InChI is InChI=1S/C7H6O.C2H5NOS/c8-6-7-4-2-1-3-5-7;1-2-4-5-3-1/h1-6H;3H,1-2H2. The van der Waals surface area contributed by atoms with Gasteiger partial charge in [0.25, 0.3) is 0 Å². The zero-order valence-electron chi connectivity index (χ0n) is 7.10. The van der Waals surface area contributed by atoms with Gasteiger partial charge in [-0.3, -0.25) is 8.98 Å². The molecule has 13 heavy (non-hydrogen) atoms. The Morgan fingerprint density at radius 2 is 2.15 bits per heavy atom. The van der Waals surface area contributed by atoms with E-state index in [1.54, 1.807) is 12.1 Å². The second-order valence-corrected chi connectivity index (χ2v) is 3.02. The van der Waals surface area contributed by atoms with E-state index in [0.29, 0.717) is 0 Å². The highest BCUT2D eigenvalue weighted by Gasteiger charge is 1.94. The van der Waals surface area contributed by atoms with Gasteiger partial charge in [-0.1, -0.05) is 30.3 Å². The second-order valence-electron chi connectivity index (χ2n) is 2.33. The number of aldehydes is 1. The lowest BCUT2D eigenvalue weighted by Crippen LogP contribution is -1.95. The lowest BCUT2D eigenvalue weighted by molar-refractivity contribution is 0.112. The van der Waals surface area contributed by atoms with Crippen LogP contribution >= 0.6 is 12.2 Å². The Kier molecular flexibility index (Phi) is 5.24. The SMILES string of the molecule is C1COSN1.O=Cc1ccccc1. The molecule has 0 amide bonds. The molecule has 1 aliphatic heterocycles. The molecule has 1 fully saturated rings. The maximum absolute atomic E-state index is 10.0. The van der Waals surface area contributed by atoms with Crippen molar-refractivity contribution in [2.24, 2.45) is 0 Å². The zero-order chi connectivity index (χ0) is 9.36. The predicted molar refractivity (Wildman–Crippen MR) is 53.4 cm³/mol. The second kappa shape index (κ2) is 6.65. The summed E-state index contributed by atoms with van der Waals surface area (Å²) in [6.45, 7) is 1.84. The van der Waals surface area contributed by atoms with Crippen LogP contribution in [0.3, 0.4) is 0 Å². The van der Waals surface area contributed by atoms with Crippen molar-refractivity contribution in [1.29, 1.82) is 0 Å². The van der Waals surface area contributed by atoms with Crippen molar-refractivity contribution in [2.75, 3.05) is 13.2 Å². The maximum atomic E-state index is 10.0. The van der Waals surface area contributed by atoms with Gasteiger partial charge in [-0.15, -0.1) is 0 Å². The monoisotopic (exact) mass is 197 g/mol. The molecule has 4 heteroatoms. The Labute approximate surface area is 81.8 Å². The fourth-order valence-corrected chi connectivity index (χ4v) is 1.16. The van der Waals surface area contributed by atoms with Crippen molar-refractivity contribution in [1.82, 2.24) is 4.72 Å². The number of hydrogen-bond donors (Lipinski definition) is 1. The van der Waals surface area contributed by atoms with Gasteiger partial charge < -0.3 is 0 Å². The minimum Gasteiger partial charge on any atom is -0.300 e. The van der Waals surface area contributed by atoms with Gasteiger partial charge in [0.15, 0.2) is 0 Å². The Bertz CT molecular complexity index is 229. The molecule has 0 spiro atoms. The topological polar surface area (TPSA) is 38.3 Å². The molecule has 1 heterocycles. The fraction of sp³-hybridized carbons (Fsp3) is 0.222. The molecule has 1 saturated heterocycles. The number of rotatable bonds is 1. The lowest BCUT2D eigenvalue weighted by atomic mass is 10.2. The Morgan fingerprint density at radius 3 is 2.46 bits per heavy atom. The summed E-state index contributed by atoms with van der Waals surface area (Å²) in [5, 5.41) is 0. The van der Waals surface area contributed by atoms with Crippen LogP contribution in [0.25, 0.3) is 0 Å². The van der Waals surface area contributed by atoms with Crippen LogP contribution in [-0.2, 0) is 4.18 Å². The number of benzene rings is 1. The van der Waals surface area contributed by atoms with E-state index < -0.39 is 0 Å². The summed E-state index contributed by atoms with van der Waals surface area (Å²) in [5.74, 6) is 0. The van der Waals surface area contributed by atoms with E-state index in [-0.39, 0.29) is 0 Å². The number of carbonyl (C=O) groups is 1. The summed E-state index contributed by atoms with van der Waals surface area (Å²) in [6.07, 6.45) is 0.833. The minimum absolute atomic E-state index is 0.729. The molecule has 1 N–H and O–H groups in total. The fourth-order valence-electron chi connectivity index (χ4n) is 0.740. The van der Waals surface area contributed by atoms with Crippen LogP contribution in [0.4, 0.5) is 0 Å². The van der Waals surface area contributed by atoms with Crippen LogP contribution in [-0.4, -0.2) is 19.4 Å². The van der Waals surface area contributed by atoms with Gasteiger partial charge in [-0.05, 0) is 0 Å². The van der Waals surface area contributed by atoms with Crippen LogP contribution in [0, 0.1) is 0 Å². The first-order chi connectivity index (χ1) is 6.43. The third-order valence-electron chi connectivity index (χ3n) is 1.34. The Morgan fingerprint density at radius 1 is 1.38 bits per heavy atom. The molecule has 0 radical (unpaired) electrons. The van der Waals surface area contributed by atoms with E-state index in [0.717, 1.165) is 25.0 Å². The largest absolute Gasteiger partial charge is 0.300 e. The van der Waals surface area contributed by atoms with E-state index >= 15 is 0 Å². The van der Waals surface area contributed by atoms with E-state index in [9.17, 15) is 4.79 Å². The average Bonchev–Trinajstić information content (AvgIpc) is 2.77. The Hall–Kier alpha value is -0.840. The summed E-state index contributed by atoms with van der Waals surface area (Å²) < 4.78 is 7.67. The van der Waals surface area contributed by atoms with Crippen molar-refractivity contribution < 1.29 is 8.98 Å². The van der Waals surface area contributed by atoms with Crippen LogP contribution in [0.1, 0.15) is 10.4 Å². The van der Waals surface area contributed by atoms with Crippen molar-refractivity contribution >= 4 is 18.5 Å². The summed E-state index contributed by atoms with van der Waals surface area (Å²) in [4.78, 5) is 10.0. The van der Waals surface area contributed by atoms with Crippen molar-refractivity contribution in [2.45, 2.75) is 0 Å². The maximum Gasteiger partial charge on any atom is 0.150 e. The van der Waals surface area contributed by atoms with Gasteiger partial charge in [0.05, 0.1) is 18.8 Å². The molecule has 3 nitrogen and oxygen atoms in total. The number of carbonyl (C=O) groups excluding carboxylic acids is 1. The molecular weight excluding hydrogens is 186 g/mol. The van der Waals surface area contributed by atoms with E-state index in [4.69, 9.17) is 4.18 Å². The molecule has 2 rings (SSSR count). The first kappa shape index (κ1) is 10.2. The third-order valence-corrected chi connectivity index (χ3v) is 1.95. The lowest BCUT2D eigenvalue weighted by Gasteiger charge is -1.81. The summed E-state index contributed by atoms with van der Waals surface area (Å²) >= 11 is 1.32. The highest BCUT2D eigenvalue weighted by Crippen LogP contribution is 1.99. The summed E-state index contributed by atoms with van der Waals surface area (Å²) in [6, 6.07) is 9.10. The van der Waals surface area contributed by atoms with Gasteiger partial charge >= 0.3 is 0 Å². The Balaban J connectivity index is 0.000000145. The van der Waals surface area contributed by atoms with Gasteiger partial charge in [0.1, 0.15) is 6.29 Å². The van der Waals surface area contributed by atoms with Crippen LogP contribution in [0.15, 0.2) is 30.3 Å². The number of nitrogens with one attached hydrogen (secondary N) is 1. The highest BCUT2D eigenvalue weighted by atomic mass is 32.2. The van der Waals surface area contributed by atoms with Gasteiger partial charge in [0, 0.05) is 12.1 Å². The molecular formula is C9H11NO2S. The molecule has 1 aliphatic rings. The number of hydrogen-bond acceptors (Lipinski definition) is 4. The smallest absolute Gasteiger partial charge is 0.150 e. The van der Waals surface area contributed by atoms with E-state index in [1.165, 1.54) is 12.2 Å². The molecule has 0 aliphatic carbocycles. The average molecular weight is 197 g/mol. The van der Waals surface area contributed by atoms with Crippen LogP contribution < -0.4 is 4.72 Å². The minimum atomic E-state index is 0.729. The van der Waals surface area contributed by atoms with Crippen molar-refractivity contribution in [3.63, 3.8) is 0 Å². The normalized spacial score (nSPS) is 14.5. The summed E-state index contributed by atoms with van der Waals surface area (Å²) in [7, 11) is 0. The highest BCUT2D eigenvalue weighted by molar-refractivity contribution is 7.92. The molecule has 1 aromatic rings. The molecule has 0 saturated carbocycles. The summed E-state index contributed by atoms with van der Waals surface area (Å²) in [5.41, 5.74) is 0.729.